The Labute approximate surface area is 160 Å². The number of ether oxygens (including phenoxy) is 1. The molecule has 4 rings (SSSR count). The van der Waals surface area contributed by atoms with E-state index in [4.69, 9.17) is 17.0 Å². The van der Waals surface area contributed by atoms with E-state index in [1.165, 1.54) is 4.68 Å². The van der Waals surface area contributed by atoms with Crippen molar-refractivity contribution < 1.29 is 4.74 Å². The fourth-order valence-electron chi connectivity index (χ4n) is 2.50. The van der Waals surface area contributed by atoms with Crippen molar-refractivity contribution in [2.45, 2.75) is 6.92 Å². The molecule has 134 valence electrons. The molecule has 27 heavy (non-hydrogen) atoms. The molecule has 0 bridgehead atoms. The Hall–Kier alpha value is -3.52. The highest BCUT2D eigenvalue weighted by Gasteiger charge is 2.11. The average Bonchev–Trinajstić information content (AvgIpc) is 3.26. The van der Waals surface area contributed by atoms with E-state index in [-0.39, 0.29) is 0 Å². The molecule has 0 saturated heterocycles. The Balaban J connectivity index is 1.60. The number of rotatable bonds is 5. The molecule has 7 nitrogen and oxygen atoms in total. The molecular weight excluding hydrogens is 360 g/mol. The van der Waals surface area contributed by atoms with Crippen molar-refractivity contribution in [3.63, 3.8) is 0 Å². The number of aromatic amines is 2. The van der Waals surface area contributed by atoms with Gasteiger partial charge in [-0.25, -0.2) is 5.10 Å². The maximum atomic E-state index is 5.85. The van der Waals surface area contributed by atoms with Crippen LogP contribution in [0.15, 0.2) is 65.8 Å². The first-order valence-electron chi connectivity index (χ1n) is 8.26. The predicted molar refractivity (Wildman–Crippen MR) is 106 cm³/mol. The first-order valence-corrected chi connectivity index (χ1v) is 8.67. The van der Waals surface area contributed by atoms with E-state index in [1.807, 2.05) is 67.6 Å². The van der Waals surface area contributed by atoms with Crippen molar-refractivity contribution in [1.29, 1.82) is 0 Å². The van der Waals surface area contributed by atoms with Crippen molar-refractivity contribution in [2.24, 2.45) is 5.10 Å². The van der Waals surface area contributed by atoms with Gasteiger partial charge in [0.15, 0.2) is 0 Å². The summed E-state index contributed by atoms with van der Waals surface area (Å²) in [6.45, 7) is 1.92. The van der Waals surface area contributed by atoms with E-state index in [0.29, 0.717) is 16.3 Å². The lowest BCUT2D eigenvalue weighted by Gasteiger charge is -2.05. The maximum Gasteiger partial charge on any atom is 0.216 e. The standard InChI is InChI=1S/C19H16N6OS/c1-13-10-17(22-21-13)18-23-24-19(27)25(18)20-12-14-6-5-9-16(11-14)26-15-7-3-2-4-8-15/h2-12H,1H3,(H,21,22)(H,24,27)/b20-12-. The molecule has 0 atom stereocenters. The summed E-state index contributed by atoms with van der Waals surface area (Å²) in [5.41, 5.74) is 2.47. The summed E-state index contributed by atoms with van der Waals surface area (Å²) in [4.78, 5) is 0. The third kappa shape index (κ3) is 3.85. The quantitative estimate of drug-likeness (QED) is 0.401. The van der Waals surface area contributed by atoms with Crippen LogP contribution in [0.1, 0.15) is 11.3 Å². The van der Waals surface area contributed by atoms with Gasteiger partial charge in [-0.15, -0.1) is 0 Å². The lowest BCUT2D eigenvalue weighted by molar-refractivity contribution is 0.482. The van der Waals surface area contributed by atoms with Crippen LogP contribution in [0.3, 0.4) is 0 Å². The van der Waals surface area contributed by atoms with Crippen LogP contribution in [0.5, 0.6) is 11.5 Å². The molecule has 2 N–H and O–H groups in total. The number of para-hydroxylation sites is 1. The summed E-state index contributed by atoms with van der Waals surface area (Å²) in [6.07, 6.45) is 1.70. The molecule has 2 heterocycles. The Morgan fingerprint density at radius 2 is 1.81 bits per heavy atom. The fourth-order valence-corrected chi connectivity index (χ4v) is 2.68. The molecule has 0 unspecified atom stereocenters. The molecule has 0 spiro atoms. The van der Waals surface area contributed by atoms with Crippen LogP contribution in [-0.2, 0) is 0 Å². The normalized spacial score (nSPS) is 11.1. The van der Waals surface area contributed by atoms with E-state index in [1.54, 1.807) is 6.21 Å². The van der Waals surface area contributed by atoms with Crippen molar-refractivity contribution in [3.8, 4) is 23.0 Å². The first-order chi connectivity index (χ1) is 13.2. The lowest BCUT2D eigenvalue weighted by atomic mass is 10.2. The van der Waals surface area contributed by atoms with Gasteiger partial charge in [0.1, 0.15) is 17.2 Å². The number of hydrogen-bond donors (Lipinski definition) is 2. The minimum atomic E-state index is 0.388. The van der Waals surface area contributed by atoms with Crippen LogP contribution in [0.2, 0.25) is 0 Å². The van der Waals surface area contributed by atoms with Gasteiger partial charge in [-0.2, -0.15) is 20.0 Å². The number of benzene rings is 2. The van der Waals surface area contributed by atoms with E-state index >= 15 is 0 Å². The average molecular weight is 376 g/mol. The lowest BCUT2D eigenvalue weighted by Crippen LogP contribution is -1.95. The number of H-pyrrole nitrogens is 2. The van der Waals surface area contributed by atoms with Crippen LogP contribution >= 0.6 is 12.2 Å². The molecule has 0 aliphatic heterocycles. The molecule has 2 aromatic carbocycles. The number of aryl methyl sites for hydroxylation is 1. The summed E-state index contributed by atoms with van der Waals surface area (Å²) in [5.74, 6) is 2.04. The molecule has 8 heteroatoms. The van der Waals surface area contributed by atoms with Gasteiger partial charge in [-0.3, -0.25) is 5.10 Å². The van der Waals surface area contributed by atoms with Gasteiger partial charge in [0.25, 0.3) is 0 Å². The Kier molecular flexibility index (Phi) is 4.63. The SMILES string of the molecule is Cc1cc(-c2n[nH]c(=S)n2/N=C\c2cccc(Oc3ccccc3)c2)n[nH]1. The maximum absolute atomic E-state index is 5.85. The molecule has 0 aliphatic carbocycles. The topological polar surface area (TPSA) is 83.9 Å². The second kappa shape index (κ2) is 7.38. The van der Waals surface area contributed by atoms with Crippen LogP contribution < -0.4 is 4.74 Å². The van der Waals surface area contributed by atoms with Gasteiger partial charge in [-0.1, -0.05) is 30.3 Å². The monoisotopic (exact) mass is 376 g/mol. The van der Waals surface area contributed by atoms with Crippen LogP contribution in [-0.4, -0.2) is 31.3 Å². The van der Waals surface area contributed by atoms with E-state index < -0.39 is 0 Å². The van der Waals surface area contributed by atoms with Crippen LogP contribution in [0.25, 0.3) is 11.5 Å². The third-order valence-electron chi connectivity index (χ3n) is 3.74. The number of hydrogen-bond acceptors (Lipinski definition) is 5. The van der Waals surface area contributed by atoms with Crippen molar-refractivity contribution in [3.05, 3.63) is 76.7 Å². The van der Waals surface area contributed by atoms with E-state index in [0.717, 1.165) is 22.8 Å². The molecule has 0 saturated carbocycles. The fraction of sp³-hybridized carbons (Fsp3) is 0.0526. The number of aromatic nitrogens is 5. The highest BCUT2D eigenvalue weighted by molar-refractivity contribution is 7.71. The highest BCUT2D eigenvalue weighted by Crippen LogP contribution is 2.21. The zero-order chi connectivity index (χ0) is 18.6. The summed E-state index contributed by atoms with van der Waals surface area (Å²) >= 11 is 5.28. The molecule has 0 fully saturated rings. The Morgan fingerprint density at radius 1 is 1.00 bits per heavy atom. The summed E-state index contributed by atoms with van der Waals surface area (Å²) in [5, 5.41) is 18.5. The minimum absolute atomic E-state index is 0.388. The van der Waals surface area contributed by atoms with Gasteiger partial charge in [0.05, 0.1) is 6.21 Å². The van der Waals surface area contributed by atoms with Gasteiger partial charge in [0, 0.05) is 5.69 Å². The van der Waals surface area contributed by atoms with Gasteiger partial charge in [-0.05, 0) is 55.0 Å². The van der Waals surface area contributed by atoms with E-state index in [2.05, 4.69) is 25.5 Å². The van der Waals surface area contributed by atoms with Crippen molar-refractivity contribution in [1.82, 2.24) is 25.1 Å². The Morgan fingerprint density at radius 3 is 2.59 bits per heavy atom. The Bertz CT molecular complexity index is 1140. The largest absolute Gasteiger partial charge is 0.457 e. The predicted octanol–water partition coefficient (Wildman–Crippen LogP) is 4.31. The zero-order valence-electron chi connectivity index (χ0n) is 14.5. The summed E-state index contributed by atoms with van der Waals surface area (Å²) in [6, 6.07) is 19.1. The van der Waals surface area contributed by atoms with Crippen LogP contribution in [0, 0.1) is 11.7 Å². The van der Waals surface area contributed by atoms with Gasteiger partial charge < -0.3 is 4.74 Å². The second-order valence-corrected chi connectivity index (χ2v) is 6.22. The van der Waals surface area contributed by atoms with Gasteiger partial charge >= 0.3 is 0 Å². The molecule has 0 amide bonds. The second-order valence-electron chi connectivity index (χ2n) is 5.83. The smallest absolute Gasteiger partial charge is 0.216 e. The van der Waals surface area contributed by atoms with Gasteiger partial charge in [0.2, 0.25) is 10.6 Å². The summed E-state index contributed by atoms with van der Waals surface area (Å²) < 4.78 is 7.78. The molecule has 0 aliphatic rings. The van der Waals surface area contributed by atoms with Crippen LogP contribution in [0.4, 0.5) is 0 Å². The van der Waals surface area contributed by atoms with Crippen molar-refractivity contribution >= 4 is 18.4 Å². The van der Waals surface area contributed by atoms with Crippen molar-refractivity contribution in [2.75, 3.05) is 0 Å². The first kappa shape index (κ1) is 16.9. The molecule has 2 aromatic heterocycles. The van der Waals surface area contributed by atoms with E-state index in [9.17, 15) is 0 Å². The summed E-state index contributed by atoms with van der Waals surface area (Å²) in [7, 11) is 0. The third-order valence-corrected chi connectivity index (χ3v) is 4.01. The zero-order valence-corrected chi connectivity index (χ0v) is 15.3. The minimum Gasteiger partial charge on any atom is -0.457 e. The molecule has 4 aromatic rings. The highest BCUT2D eigenvalue weighted by atomic mass is 32.1. The number of nitrogens with one attached hydrogen (secondary N) is 2. The number of nitrogens with zero attached hydrogens (tertiary/aromatic N) is 4. The molecular formula is C19H16N6OS. The molecule has 0 radical (unpaired) electrons.